The van der Waals surface area contributed by atoms with Crippen LogP contribution in [-0.4, -0.2) is 21.0 Å². The Morgan fingerprint density at radius 1 is 1.44 bits per heavy atom. The highest BCUT2D eigenvalue weighted by atomic mass is 32.2. The van der Waals surface area contributed by atoms with Gasteiger partial charge in [-0.1, -0.05) is 0 Å². The van der Waals surface area contributed by atoms with Gasteiger partial charge < -0.3 is 0 Å². The monoisotopic (exact) mass is 237 g/mol. The Kier molecular flexibility index (Phi) is 3.24. The topological polar surface area (TPSA) is 30.7 Å². The summed E-state index contributed by atoms with van der Waals surface area (Å²) in [6, 6.07) is 2.98. The normalized spacial score (nSPS) is 10.7. The Hall–Kier alpha value is -1.36. The van der Waals surface area contributed by atoms with Crippen molar-refractivity contribution in [3.63, 3.8) is 0 Å². The van der Waals surface area contributed by atoms with Gasteiger partial charge in [0.15, 0.2) is 5.82 Å². The molecule has 0 saturated carbocycles. The average Bonchev–Trinajstić information content (AvgIpc) is 2.72. The first-order valence-electron chi connectivity index (χ1n) is 4.98. The van der Waals surface area contributed by atoms with E-state index in [1.165, 1.54) is 6.07 Å². The molecular formula is C11H12FN3S. The predicted octanol–water partition coefficient (Wildman–Crippen LogP) is 2.83. The van der Waals surface area contributed by atoms with E-state index in [1.807, 2.05) is 19.4 Å². The lowest BCUT2D eigenvalue weighted by Crippen LogP contribution is -1.95. The summed E-state index contributed by atoms with van der Waals surface area (Å²) >= 11 is 1.55. The zero-order chi connectivity index (χ0) is 11.5. The molecule has 0 aromatic carbocycles. The molecular weight excluding hydrogens is 225 g/mol. The number of pyridine rings is 1. The highest BCUT2D eigenvalue weighted by Gasteiger charge is 2.14. The molecule has 0 aliphatic rings. The number of hydrogen-bond acceptors (Lipinski definition) is 3. The van der Waals surface area contributed by atoms with Crippen molar-refractivity contribution in [3.05, 3.63) is 30.3 Å². The fourth-order valence-corrected chi connectivity index (χ4v) is 2.00. The van der Waals surface area contributed by atoms with E-state index in [1.54, 1.807) is 28.7 Å². The summed E-state index contributed by atoms with van der Waals surface area (Å²) in [6.07, 6.45) is 5.43. The van der Waals surface area contributed by atoms with Crippen LogP contribution in [0.25, 0.3) is 11.4 Å². The van der Waals surface area contributed by atoms with Crippen LogP contribution in [0.4, 0.5) is 4.39 Å². The Morgan fingerprint density at radius 2 is 2.25 bits per heavy atom. The average molecular weight is 237 g/mol. The van der Waals surface area contributed by atoms with Crippen LogP contribution in [0.15, 0.2) is 29.4 Å². The molecule has 3 nitrogen and oxygen atoms in total. The molecule has 2 aromatic heterocycles. The van der Waals surface area contributed by atoms with Gasteiger partial charge in [0.05, 0.1) is 4.90 Å². The first-order valence-corrected chi connectivity index (χ1v) is 6.21. The summed E-state index contributed by atoms with van der Waals surface area (Å²) in [5, 5.41) is 4.32. The molecule has 0 unspecified atom stereocenters. The third-order valence-electron chi connectivity index (χ3n) is 2.25. The van der Waals surface area contributed by atoms with Crippen LogP contribution in [0.1, 0.15) is 6.92 Å². The Balaban J connectivity index is 2.54. The van der Waals surface area contributed by atoms with Crippen molar-refractivity contribution in [1.82, 2.24) is 14.8 Å². The minimum Gasteiger partial charge on any atom is -0.271 e. The number of aryl methyl sites for hydroxylation is 1. The smallest absolute Gasteiger partial charge is 0.151 e. The van der Waals surface area contributed by atoms with Crippen LogP contribution >= 0.6 is 11.8 Å². The molecule has 0 N–H and O–H groups in total. The summed E-state index contributed by atoms with van der Waals surface area (Å²) in [6.45, 7) is 2.76. The molecule has 0 fully saturated rings. The number of nitrogens with zero attached hydrogens (tertiary/aromatic N) is 3. The summed E-state index contributed by atoms with van der Waals surface area (Å²) in [5.41, 5.74) is 0.937. The Bertz CT molecular complexity index is 496. The summed E-state index contributed by atoms with van der Waals surface area (Å²) < 4.78 is 15.4. The molecule has 2 aromatic rings. The third-order valence-corrected chi connectivity index (χ3v) is 2.99. The molecule has 0 amide bonds. The van der Waals surface area contributed by atoms with E-state index in [-0.39, 0.29) is 5.82 Å². The lowest BCUT2D eigenvalue weighted by atomic mass is 10.2. The molecule has 84 valence electrons. The van der Waals surface area contributed by atoms with E-state index >= 15 is 0 Å². The standard InChI is InChI=1S/C11H12FN3S/c1-3-15-7-9(16-2)11(14-15)10-8(12)5-4-6-13-10/h4-7H,3H2,1-2H3. The molecule has 0 spiro atoms. The second-order valence-corrected chi connectivity index (χ2v) is 4.08. The van der Waals surface area contributed by atoms with Crippen LogP contribution in [-0.2, 0) is 6.54 Å². The van der Waals surface area contributed by atoms with Crippen molar-refractivity contribution in [2.45, 2.75) is 18.4 Å². The zero-order valence-electron chi connectivity index (χ0n) is 9.14. The minimum absolute atomic E-state index is 0.319. The van der Waals surface area contributed by atoms with Gasteiger partial charge in [0.2, 0.25) is 0 Å². The molecule has 0 bridgehead atoms. The van der Waals surface area contributed by atoms with E-state index in [2.05, 4.69) is 10.1 Å². The minimum atomic E-state index is -0.334. The fourth-order valence-electron chi connectivity index (χ4n) is 1.44. The van der Waals surface area contributed by atoms with Crippen molar-refractivity contribution in [1.29, 1.82) is 0 Å². The van der Waals surface area contributed by atoms with Crippen molar-refractivity contribution in [3.8, 4) is 11.4 Å². The predicted molar refractivity (Wildman–Crippen MR) is 62.9 cm³/mol. The lowest BCUT2D eigenvalue weighted by Gasteiger charge is -1.99. The quantitative estimate of drug-likeness (QED) is 0.769. The van der Waals surface area contributed by atoms with E-state index < -0.39 is 0 Å². The van der Waals surface area contributed by atoms with Crippen molar-refractivity contribution in [2.24, 2.45) is 0 Å². The fraction of sp³-hybridized carbons (Fsp3) is 0.273. The Labute approximate surface area is 97.7 Å². The van der Waals surface area contributed by atoms with Gasteiger partial charge >= 0.3 is 0 Å². The third kappa shape index (κ3) is 1.95. The number of thioether (sulfide) groups is 1. The van der Waals surface area contributed by atoms with Crippen LogP contribution in [0.3, 0.4) is 0 Å². The van der Waals surface area contributed by atoms with Gasteiger partial charge in [-0.2, -0.15) is 5.10 Å². The number of aromatic nitrogens is 3. The molecule has 0 saturated heterocycles. The summed E-state index contributed by atoms with van der Waals surface area (Å²) in [4.78, 5) is 4.98. The van der Waals surface area contributed by atoms with Gasteiger partial charge in [-0.15, -0.1) is 11.8 Å². The molecule has 2 rings (SSSR count). The molecule has 0 radical (unpaired) electrons. The molecule has 0 atom stereocenters. The summed E-state index contributed by atoms with van der Waals surface area (Å²) in [5.74, 6) is -0.334. The van der Waals surface area contributed by atoms with Gasteiger partial charge in [0.25, 0.3) is 0 Å². The van der Waals surface area contributed by atoms with E-state index in [0.29, 0.717) is 11.4 Å². The molecule has 0 aliphatic heterocycles. The first-order chi connectivity index (χ1) is 7.76. The van der Waals surface area contributed by atoms with Gasteiger partial charge in [-0.05, 0) is 25.3 Å². The maximum atomic E-state index is 13.6. The molecule has 5 heteroatoms. The zero-order valence-corrected chi connectivity index (χ0v) is 9.96. The highest BCUT2D eigenvalue weighted by molar-refractivity contribution is 7.98. The van der Waals surface area contributed by atoms with E-state index in [9.17, 15) is 4.39 Å². The van der Waals surface area contributed by atoms with Gasteiger partial charge in [-0.3, -0.25) is 9.67 Å². The van der Waals surface area contributed by atoms with Crippen LogP contribution in [0.2, 0.25) is 0 Å². The second-order valence-electron chi connectivity index (χ2n) is 3.24. The highest BCUT2D eigenvalue weighted by Crippen LogP contribution is 2.28. The van der Waals surface area contributed by atoms with Crippen LogP contribution in [0, 0.1) is 5.82 Å². The van der Waals surface area contributed by atoms with Crippen LogP contribution in [0.5, 0.6) is 0 Å². The van der Waals surface area contributed by atoms with Gasteiger partial charge in [0.1, 0.15) is 11.4 Å². The molecule has 16 heavy (non-hydrogen) atoms. The van der Waals surface area contributed by atoms with Crippen molar-refractivity contribution < 1.29 is 4.39 Å². The molecule has 2 heterocycles. The Morgan fingerprint density at radius 3 is 2.88 bits per heavy atom. The second kappa shape index (κ2) is 4.65. The van der Waals surface area contributed by atoms with Crippen molar-refractivity contribution in [2.75, 3.05) is 6.26 Å². The van der Waals surface area contributed by atoms with E-state index in [4.69, 9.17) is 0 Å². The lowest BCUT2D eigenvalue weighted by molar-refractivity contribution is 0.621. The number of rotatable bonds is 3. The SMILES string of the molecule is CCn1cc(SC)c(-c2ncccc2F)n1. The largest absolute Gasteiger partial charge is 0.271 e. The number of hydrogen-bond donors (Lipinski definition) is 0. The van der Waals surface area contributed by atoms with Gasteiger partial charge in [0, 0.05) is 18.9 Å². The first kappa shape index (κ1) is 11.1. The maximum Gasteiger partial charge on any atom is 0.151 e. The summed E-state index contributed by atoms with van der Waals surface area (Å²) in [7, 11) is 0. The van der Waals surface area contributed by atoms with Crippen LogP contribution < -0.4 is 0 Å². The number of halogens is 1. The maximum absolute atomic E-state index is 13.6. The molecule has 0 aliphatic carbocycles. The van der Waals surface area contributed by atoms with Crippen molar-refractivity contribution >= 4 is 11.8 Å². The van der Waals surface area contributed by atoms with Gasteiger partial charge in [-0.25, -0.2) is 4.39 Å². The van der Waals surface area contributed by atoms with E-state index in [0.717, 1.165) is 11.4 Å².